The first-order valence-electron chi connectivity index (χ1n) is 12.3. The van der Waals surface area contributed by atoms with Crippen LogP contribution in [0, 0.1) is 5.92 Å². The number of fused-ring (bicyclic) bond motifs is 2. The first-order chi connectivity index (χ1) is 15.1. The number of aromatic nitrogens is 1. The van der Waals surface area contributed by atoms with Crippen LogP contribution in [-0.4, -0.2) is 40.5 Å². The number of rotatable bonds is 5. The van der Waals surface area contributed by atoms with E-state index in [0.717, 1.165) is 38.8 Å². The van der Waals surface area contributed by atoms with Gasteiger partial charge in [-0.05, 0) is 56.7 Å². The Hall–Kier alpha value is -2.07. The van der Waals surface area contributed by atoms with Crippen molar-refractivity contribution in [3.05, 3.63) is 48.2 Å². The molecule has 1 N–H and O–H groups in total. The summed E-state index contributed by atoms with van der Waals surface area (Å²) in [5.74, 6) is 0.749. The molecule has 3 aliphatic rings. The number of carbonyl (C=O) groups excluding carboxylic acids is 1. The highest BCUT2D eigenvalue weighted by molar-refractivity contribution is 5.89. The van der Waals surface area contributed by atoms with Crippen LogP contribution in [0.4, 0.5) is 0 Å². The number of hydrogen-bond acceptors (Lipinski definition) is 2. The van der Waals surface area contributed by atoms with Crippen molar-refractivity contribution < 1.29 is 4.79 Å². The lowest BCUT2D eigenvalue weighted by atomic mass is 9.72. The summed E-state index contributed by atoms with van der Waals surface area (Å²) < 4.78 is 2.43. The summed E-state index contributed by atoms with van der Waals surface area (Å²) in [7, 11) is 0. The predicted molar refractivity (Wildman–Crippen MR) is 127 cm³/mol. The fourth-order valence-electron chi connectivity index (χ4n) is 6.49. The molecule has 4 heteroatoms. The normalized spacial score (nSPS) is 26.7. The van der Waals surface area contributed by atoms with Gasteiger partial charge in [0.05, 0.1) is 5.92 Å². The van der Waals surface area contributed by atoms with Crippen LogP contribution in [0.15, 0.2) is 37.1 Å². The minimum atomic E-state index is 0.0621. The van der Waals surface area contributed by atoms with Crippen molar-refractivity contribution >= 4 is 16.8 Å². The van der Waals surface area contributed by atoms with Gasteiger partial charge in [0.15, 0.2) is 0 Å². The number of amides is 1. The second kappa shape index (κ2) is 8.46. The van der Waals surface area contributed by atoms with E-state index in [9.17, 15) is 4.79 Å². The van der Waals surface area contributed by atoms with E-state index in [0.29, 0.717) is 24.0 Å². The molecule has 2 fully saturated rings. The fraction of sp³-hybridized carbons (Fsp3) is 0.593. The molecular weight excluding hydrogens is 382 g/mol. The van der Waals surface area contributed by atoms with Crippen LogP contribution in [0.3, 0.4) is 0 Å². The zero-order valence-electron chi connectivity index (χ0n) is 19.1. The molecule has 0 spiro atoms. The molecular formula is C27H37N3O. The topological polar surface area (TPSA) is 37.3 Å². The van der Waals surface area contributed by atoms with Gasteiger partial charge < -0.3 is 9.88 Å². The van der Waals surface area contributed by atoms with Crippen LogP contribution >= 0.6 is 0 Å². The van der Waals surface area contributed by atoms with E-state index >= 15 is 0 Å². The molecule has 1 aliphatic heterocycles. The second-order valence-corrected chi connectivity index (χ2v) is 10.3. The minimum absolute atomic E-state index is 0.0621. The molecule has 5 rings (SSSR count). The van der Waals surface area contributed by atoms with Crippen LogP contribution < -0.4 is 5.32 Å². The summed E-state index contributed by atoms with van der Waals surface area (Å²) in [6.45, 7) is 10.2. The molecule has 1 saturated heterocycles. The zero-order chi connectivity index (χ0) is 21.5. The Morgan fingerprint density at radius 3 is 2.81 bits per heavy atom. The van der Waals surface area contributed by atoms with E-state index in [2.05, 4.69) is 59.6 Å². The van der Waals surface area contributed by atoms with Crippen molar-refractivity contribution in [3.63, 3.8) is 0 Å². The number of benzene rings is 1. The van der Waals surface area contributed by atoms with Gasteiger partial charge in [0.2, 0.25) is 5.91 Å². The van der Waals surface area contributed by atoms with Gasteiger partial charge in [0, 0.05) is 54.2 Å². The lowest BCUT2D eigenvalue weighted by molar-refractivity contribution is -0.128. The fourth-order valence-corrected chi connectivity index (χ4v) is 6.49. The molecule has 3 atom stereocenters. The van der Waals surface area contributed by atoms with Crippen molar-refractivity contribution in [2.45, 2.75) is 82.8 Å². The van der Waals surface area contributed by atoms with Crippen molar-refractivity contribution in [2.24, 2.45) is 5.92 Å². The Labute approximate surface area is 186 Å². The van der Waals surface area contributed by atoms with Gasteiger partial charge in [-0.15, -0.1) is 6.58 Å². The molecule has 2 aliphatic carbocycles. The Morgan fingerprint density at radius 2 is 2.06 bits per heavy atom. The smallest absolute Gasteiger partial charge is 0.224 e. The number of nitrogens with one attached hydrogen (secondary N) is 1. The number of hydrogen-bond donors (Lipinski definition) is 1. The predicted octanol–water partition coefficient (Wildman–Crippen LogP) is 5.19. The summed E-state index contributed by atoms with van der Waals surface area (Å²) in [5.41, 5.74) is 4.28. The Balaban J connectivity index is 1.46. The van der Waals surface area contributed by atoms with Crippen molar-refractivity contribution in [3.8, 4) is 0 Å². The van der Waals surface area contributed by atoms with E-state index in [4.69, 9.17) is 0 Å². The quantitative estimate of drug-likeness (QED) is 0.678. The number of carbonyl (C=O) groups is 1. The van der Waals surface area contributed by atoms with Gasteiger partial charge in [-0.2, -0.15) is 0 Å². The molecule has 1 amide bonds. The Morgan fingerprint density at radius 1 is 1.26 bits per heavy atom. The highest BCUT2D eigenvalue weighted by atomic mass is 16.2. The Bertz CT molecular complexity index is 968. The number of likely N-dealkylation sites (tertiary alicyclic amines) is 1. The maximum atomic E-state index is 13.3. The van der Waals surface area contributed by atoms with Gasteiger partial charge >= 0.3 is 0 Å². The second-order valence-electron chi connectivity index (χ2n) is 10.3. The zero-order valence-corrected chi connectivity index (χ0v) is 19.1. The minimum Gasteiger partial charge on any atom is -0.353 e. The molecule has 2 heterocycles. The SMILES string of the molecule is C=CCN1C[C@H](C(=O)NC2CCCCC2)CC2c3cccc4c3c(cn4C(C)C)C[C@H]21. The summed E-state index contributed by atoms with van der Waals surface area (Å²) >= 11 is 0. The molecule has 4 nitrogen and oxygen atoms in total. The first kappa shape index (κ1) is 20.8. The lowest BCUT2D eigenvalue weighted by Crippen LogP contribution is -2.54. The Kier molecular flexibility index (Phi) is 5.68. The summed E-state index contributed by atoms with van der Waals surface area (Å²) in [4.78, 5) is 15.8. The molecule has 31 heavy (non-hydrogen) atoms. The molecule has 166 valence electrons. The van der Waals surface area contributed by atoms with Gasteiger partial charge in [0.1, 0.15) is 0 Å². The van der Waals surface area contributed by atoms with E-state index in [1.54, 1.807) is 0 Å². The van der Waals surface area contributed by atoms with E-state index < -0.39 is 0 Å². The summed E-state index contributed by atoms with van der Waals surface area (Å²) in [6.07, 6.45) is 12.5. The number of piperidine rings is 1. The molecule has 0 bridgehead atoms. The average molecular weight is 420 g/mol. The standard InChI is InChI=1S/C27H37N3O/c1-4-13-29-16-20(27(31)28-21-9-6-5-7-10-21)14-23-22-11-8-12-24-26(22)19(15-25(23)29)17-30(24)18(2)3/h4,8,11-12,17-18,20-21,23,25H,1,5-7,9-10,13-16H2,2-3H3,(H,28,31)/t20-,23?,25-/m1/s1. The van der Waals surface area contributed by atoms with Gasteiger partial charge in [-0.1, -0.05) is 37.5 Å². The van der Waals surface area contributed by atoms with E-state index in [1.165, 1.54) is 41.3 Å². The molecule has 1 unspecified atom stereocenters. The lowest BCUT2D eigenvalue weighted by Gasteiger charge is -2.46. The molecule has 1 aromatic carbocycles. The van der Waals surface area contributed by atoms with Gasteiger partial charge in [-0.3, -0.25) is 9.69 Å². The van der Waals surface area contributed by atoms with Crippen molar-refractivity contribution in [1.29, 1.82) is 0 Å². The van der Waals surface area contributed by atoms with Crippen LogP contribution in [0.25, 0.3) is 10.9 Å². The monoisotopic (exact) mass is 419 g/mol. The highest BCUT2D eigenvalue weighted by Crippen LogP contribution is 2.45. The van der Waals surface area contributed by atoms with Gasteiger partial charge in [0.25, 0.3) is 0 Å². The van der Waals surface area contributed by atoms with Crippen LogP contribution in [-0.2, 0) is 11.2 Å². The first-order valence-corrected chi connectivity index (χ1v) is 12.3. The molecule has 2 aromatic rings. The van der Waals surface area contributed by atoms with Crippen LogP contribution in [0.2, 0.25) is 0 Å². The third-order valence-corrected chi connectivity index (χ3v) is 7.97. The largest absolute Gasteiger partial charge is 0.353 e. The average Bonchev–Trinajstić information content (AvgIpc) is 3.15. The third kappa shape index (κ3) is 3.73. The van der Waals surface area contributed by atoms with Crippen molar-refractivity contribution in [1.82, 2.24) is 14.8 Å². The van der Waals surface area contributed by atoms with Gasteiger partial charge in [-0.25, -0.2) is 0 Å². The molecule has 1 aromatic heterocycles. The summed E-state index contributed by atoms with van der Waals surface area (Å²) in [6, 6.07) is 8.09. The molecule has 0 radical (unpaired) electrons. The number of nitrogens with zero attached hydrogens (tertiary/aromatic N) is 2. The van der Waals surface area contributed by atoms with E-state index in [-0.39, 0.29) is 11.8 Å². The van der Waals surface area contributed by atoms with Crippen LogP contribution in [0.1, 0.15) is 75.5 Å². The van der Waals surface area contributed by atoms with Crippen molar-refractivity contribution in [2.75, 3.05) is 13.1 Å². The van der Waals surface area contributed by atoms with Crippen LogP contribution in [0.5, 0.6) is 0 Å². The maximum Gasteiger partial charge on any atom is 0.224 e. The highest BCUT2D eigenvalue weighted by Gasteiger charge is 2.43. The molecule has 1 saturated carbocycles. The summed E-state index contributed by atoms with van der Waals surface area (Å²) in [5, 5.41) is 4.86. The van der Waals surface area contributed by atoms with E-state index in [1.807, 2.05) is 6.08 Å². The third-order valence-electron chi connectivity index (χ3n) is 7.97. The maximum absolute atomic E-state index is 13.3.